The van der Waals surface area contributed by atoms with Gasteiger partial charge in [0.25, 0.3) is 0 Å². The standard InChI is InChI=1S/C15H10ClF6NO2S/c16-11-7-8(3-5-23-11)14(26(24,25)6-4-15(20,21)22)12-9(17)1-2-10(18)13(12)19/h1-3,5,7,14H,4,6H2. The average molecular weight is 418 g/mol. The molecule has 11 heteroatoms. The van der Waals surface area contributed by atoms with E-state index in [0.717, 1.165) is 18.3 Å². The van der Waals surface area contributed by atoms with Gasteiger partial charge in [0.15, 0.2) is 21.5 Å². The van der Waals surface area contributed by atoms with Crippen LogP contribution in [0.1, 0.15) is 22.8 Å². The summed E-state index contributed by atoms with van der Waals surface area (Å²) in [6.07, 6.45) is -5.53. The Bertz CT molecular complexity index is 917. The van der Waals surface area contributed by atoms with E-state index in [1.165, 1.54) is 0 Å². The van der Waals surface area contributed by atoms with Gasteiger partial charge in [0, 0.05) is 11.8 Å². The summed E-state index contributed by atoms with van der Waals surface area (Å²) in [6, 6.07) is 2.88. The van der Waals surface area contributed by atoms with Gasteiger partial charge in [0.1, 0.15) is 16.2 Å². The smallest absolute Gasteiger partial charge is 0.245 e. The maximum absolute atomic E-state index is 14.2. The zero-order valence-corrected chi connectivity index (χ0v) is 14.3. The molecule has 0 aliphatic carbocycles. The SMILES string of the molecule is O=S(=O)(CCC(F)(F)F)C(c1ccnc(Cl)c1)c1c(F)ccc(F)c1F. The third-order valence-electron chi connectivity index (χ3n) is 3.42. The van der Waals surface area contributed by atoms with Gasteiger partial charge in [-0.25, -0.2) is 26.6 Å². The molecule has 1 heterocycles. The second kappa shape index (κ2) is 7.43. The predicted octanol–water partition coefficient (Wildman–Crippen LogP) is 4.61. The maximum Gasteiger partial charge on any atom is 0.390 e. The van der Waals surface area contributed by atoms with Crippen molar-refractivity contribution in [3.63, 3.8) is 0 Å². The molecule has 0 fully saturated rings. The predicted molar refractivity (Wildman–Crippen MR) is 81.9 cm³/mol. The molecule has 142 valence electrons. The Morgan fingerprint density at radius 3 is 2.27 bits per heavy atom. The summed E-state index contributed by atoms with van der Waals surface area (Å²) < 4.78 is 104. The van der Waals surface area contributed by atoms with Gasteiger partial charge in [-0.1, -0.05) is 11.6 Å². The minimum atomic E-state index is -4.81. The minimum absolute atomic E-state index is 0.254. The van der Waals surface area contributed by atoms with Crippen molar-refractivity contribution in [3.8, 4) is 0 Å². The lowest BCUT2D eigenvalue weighted by atomic mass is 10.0. The number of pyridine rings is 1. The quantitative estimate of drug-likeness (QED) is 0.405. The Labute approximate surface area is 149 Å². The van der Waals surface area contributed by atoms with Crippen molar-refractivity contribution in [2.24, 2.45) is 0 Å². The molecule has 1 atom stereocenters. The Balaban J connectivity index is 2.67. The summed E-state index contributed by atoms with van der Waals surface area (Å²) in [5, 5.41) is -2.48. The molecule has 3 nitrogen and oxygen atoms in total. The summed E-state index contributed by atoms with van der Waals surface area (Å²) >= 11 is 5.64. The fraction of sp³-hybridized carbons (Fsp3) is 0.267. The summed E-state index contributed by atoms with van der Waals surface area (Å²) in [4.78, 5) is 3.57. The number of sulfone groups is 1. The van der Waals surface area contributed by atoms with Crippen LogP contribution in [0.15, 0.2) is 30.5 Å². The van der Waals surface area contributed by atoms with Gasteiger partial charge in [-0.2, -0.15) is 13.2 Å². The van der Waals surface area contributed by atoms with Crippen LogP contribution in [0, 0.1) is 17.5 Å². The van der Waals surface area contributed by atoms with Gasteiger partial charge in [-0.15, -0.1) is 0 Å². The number of alkyl halides is 3. The largest absolute Gasteiger partial charge is 0.390 e. The van der Waals surface area contributed by atoms with E-state index >= 15 is 0 Å². The minimum Gasteiger partial charge on any atom is -0.245 e. The Hall–Kier alpha value is -1.81. The average Bonchev–Trinajstić information content (AvgIpc) is 2.52. The molecule has 0 aliphatic heterocycles. The molecule has 0 bridgehead atoms. The van der Waals surface area contributed by atoms with E-state index in [1.807, 2.05) is 0 Å². The van der Waals surface area contributed by atoms with Crippen LogP contribution in [0.3, 0.4) is 0 Å². The molecule has 0 amide bonds. The van der Waals surface area contributed by atoms with E-state index in [4.69, 9.17) is 11.6 Å². The number of rotatable bonds is 5. The van der Waals surface area contributed by atoms with Crippen molar-refractivity contribution >= 4 is 21.4 Å². The van der Waals surface area contributed by atoms with Crippen LogP contribution in [0.4, 0.5) is 26.3 Å². The molecule has 2 rings (SSSR count). The molecular weight excluding hydrogens is 408 g/mol. The number of hydrogen-bond acceptors (Lipinski definition) is 3. The molecular formula is C15H10ClF6NO2S. The first-order chi connectivity index (χ1) is 11.9. The van der Waals surface area contributed by atoms with E-state index < -0.39 is 56.5 Å². The molecule has 0 aliphatic rings. The molecule has 2 aromatic rings. The zero-order chi connectivity index (χ0) is 19.7. The molecule has 26 heavy (non-hydrogen) atoms. The van der Waals surface area contributed by atoms with Gasteiger partial charge in [-0.05, 0) is 29.8 Å². The fourth-order valence-electron chi connectivity index (χ4n) is 2.29. The van der Waals surface area contributed by atoms with Crippen LogP contribution < -0.4 is 0 Å². The van der Waals surface area contributed by atoms with Crippen LogP contribution in [0.2, 0.25) is 5.15 Å². The molecule has 0 saturated heterocycles. The summed E-state index contributed by atoms with van der Waals surface area (Å²) in [6.45, 7) is 0. The third kappa shape index (κ3) is 4.67. The van der Waals surface area contributed by atoms with E-state index in [9.17, 15) is 34.8 Å². The topological polar surface area (TPSA) is 47.0 Å². The molecule has 1 unspecified atom stereocenters. The first-order valence-corrected chi connectivity index (χ1v) is 9.05. The number of hydrogen-bond donors (Lipinski definition) is 0. The van der Waals surface area contributed by atoms with Crippen LogP contribution in [0.5, 0.6) is 0 Å². The molecule has 0 N–H and O–H groups in total. The van der Waals surface area contributed by atoms with Crippen LogP contribution in [0.25, 0.3) is 0 Å². The van der Waals surface area contributed by atoms with Gasteiger partial charge < -0.3 is 0 Å². The van der Waals surface area contributed by atoms with Gasteiger partial charge >= 0.3 is 6.18 Å². The highest BCUT2D eigenvalue weighted by Crippen LogP contribution is 2.37. The highest BCUT2D eigenvalue weighted by molar-refractivity contribution is 7.91. The van der Waals surface area contributed by atoms with Crippen molar-refractivity contribution < 1.29 is 34.8 Å². The van der Waals surface area contributed by atoms with Crippen molar-refractivity contribution in [2.45, 2.75) is 17.8 Å². The molecule has 1 aromatic carbocycles. The first kappa shape index (κ1) is 20.5. The lowest BCUT2D eigenvalue weighted by molar-refractivity contribution is -0.129. The van der Waals surface area contributed by atoms with E-state index in [2.05, 4.69) is 4.98 Å². The molecule has 0 radical (unpaired) electrons. The zero-order valence-electron chi connectivity index (χ0n) is 12.7. The lowest BCUT2D eigenvalue weighted by Gasteiger charge is -2.20. The van der Waals surface area contributed by atoms with Gasteiger partial charge in [0.2, 0.25) is 0 Å². The number of halogens is 7. The normalized spacial score (nSPS) is 13.7. The van der Waals surface area contributed by atoms with Gasteiger partial charge in [-0.3, -0.25) is 0 Å². The van der Waals surface area contributed by atoms with Crippen molar-refractivity contribution in [3.05, 3.63) is 64.2 Å². The summed E-state index contributed by atoms with van der Waals surface area (Å²) in [7, 11) is -4.79. The Kier molecular flexibility index (Phi) is 5.86. The highest BCUT2D eigenvalue weighted by atomic mass is 35.5. The summed E-state index contributed by atoms with van der Waals surface area (Å²) in [5.74, 6) is -6.22. The van der Waals surface area contributed by atoms with Crippen molar-refractivity contribution in [2.75, 3.05) is 5.75 Å². The van der Waals surface area contributed by atoms with Crippen molar-refractivity contribution in [1.82, 2.24) is 4.98 Å². The van der Waals surface area contributed by atoms with Crippen LogP contribution >= 0.6 is 11.6 Å². The monoisotopic (exact) mass is 417 g/mol. The second-order valence-corrected chi connectivity index (χ2v) is 7.87. The number of benzene rings is 1. The van der Waals surface area contributed by atoms with E-state index in [1.54, 1.807) is 0 Å². The van der Waals surface area contributed by atoms with E-state index in [0.29, 0.717) is 12.1 Å². The Morgan fingerprint density at radius 1 is 1.08 bits per heavy atom. The lowest BCUT2D eigenvalue weighted by Crippen LogP contribution is -2.24. The fourth-order valence-corrected chi connectivity index (χ4v) is 4.36. The first-order valence-electron chi connectivity index (χ1n) is 6.95. The van der Waals surface area contributed by atoms with Crippen LogP contribution in [-0.4, -0.2) is 25.3 Å². The Morgan fingerprint density at radius 2 is 1.69 bits per heavy atom. The second-order valence-electron chi connectivity index (χ2n) is 5.28. The highest BCUT2D eigenvalue weighted by Gasteiger charge is 2.38. The van der Waals surface area contributed by atoms with E-state index in [-0.39, 0.29) is 10.7 Å². The van der Waals surface area contributed by atoms with Crippen LogP contribution in [-0.2, 0) is 9.84 Å². The summed E-state index contributed by atoms with van der Waals surface area (Å²) in [5.41, 5.74) is -1.55. The third-order valence-corrected chi connectivity index (χ3v) is 5.63. The number of aromatic nitrogens is 1. The maximum atomic E-state index is 14.2. The molecule has 1 aromatic heterocycles. The molecule has 0 saturated carbocycles. The van der Waals surface area contributed by atoms with Gasteiger partial charge in [0.05, 0.1) is 12.2 Å². The molecule has 0 spiro atoms. The number of nitrogens with zero attached hydrogens (tertiary/aromatic N) is 1. The van der Waals surface area contributed by atoms with Crippen molar-refractivity contribution in [1.29, 1.82) is 0 Å².